The van der Waals surface area contributed by atoms with Crippen molar-refractivity contribution in [1.29, 1.82) is 0 Å². The minimum Gasteiger partial charge on any atom is -0.370 e. The summed E-state index contributed by atoms with van der Waals surface area (Å²) in [6.45, 7) is 7.26. The Bertz CT molecular complexity index is 385. The summed E-state index contributed by atoms with van der Waals surface area (Å²) in [6.07, 6.45) is 4.28. The van der Waals surface area contributed by atoms with Gasteiger partial charge in [-0.15, -0.1) is 35.3 Å². The van der Waals surface area contributed by atoms with Crippen LogP contribution < -0.4 is 5.73 Å². The fourth-order valence-electron chi connectivity index (χ4n) is 2.12. The molecule has 0 spiro atoms. The number of hydrogen-bond acceptors (Lipinski definition) is 3. The van der Waals surface area contributed by atoms with Crippen LogP contribution in [0.3, 0.4) is 0 Å². The van der Waals surface area contributed by atoms with E-state index >= 15 is 0 Å². The van der Waals surface area contributed by atoms with Crippen LogP contribution in [0.15, 0.2) is 16.6 Å². The van der Waals surface area contributed by atoms with Crippen LogP contribution in [0.1, 0.15) is 37.6 Å². The quantitative estimate of drug-likeness (QED) is 0.487. The predicted molar refractivity (Wildman–Crippen MR) is 92.4 cm³/mol. The van der Waals surface area contributed by atoms with Crippen LogP contribution >= 0.6 is 35.3 Å². The Kier molecular flexibility index (Phi) is 7.06. The third-order valence-corrected chi connectivity index (χ3v) is 4.51. The number of rotatable bonds is 3. The minimum atomic E-state index is 0. The lowest BCUT2D eigenvalue weighted by molar-refractivity contribution is 0.277. The lowest BCUT2D eigenvalue weighted by Crippen LogP contribution is -2.42. The molecule has 0 bridgehead atoms. The fraction of sp³-hybridized carbons (Fsp3) is 0.692. The van der Waals surface area contributed by atoms with Gasteiger partial charge in [-0.3, -0.25) is 4.99 Å². The number of likely N-dealkylation sites (tertiary alicyclic amines) is 1. The molecule has 1 aliphatic heterocycles. The molecular formula is C13H23IN4S. The number of halogens is 1. The SMILES string of the molecule is CC1CCN(C(N)=NCC(C)c2nccs2)CC1.I. The third kappa shape index (κ3) is 4.91. The van der Waals surface area contributed by atoms with Gasteiger partial charge < -0.3 is 10.6 Å². The van der Waals surface area contributed by atoms with Crippen molar-refractivity contribution in [2.75, 3.05) is 19.6 Å². The topological polar surface area (TPSA) is 54.5 Å². The third-order valence-electron chi connectivity index (χ3n) is 3.51. The molecule has 2 N–H and O–H groups in total. The minimum absolute atomic E-state index is 0. The standard InChI is InChI=1S/C13H22N4S.HI/c1-10-3-6-17(7-4-10)13(14)16-9-11(2)12-15-5-8-18-12;/h5,8,10-11H,3-4,6-7,9H2,1-2H3,(H2,14,16);1H. The predicted octanol–water partition coefficient (Wildman–Crippen LogP) is 2.91. The van der Waals surface area contributed by atoms with Gasteiger partial charge in [0.2, 0.25) is 0 Å². The summed E-state index contributed by atoms with van der Waals surface area (Å²) in [4.78, 5) is 11.0. The number of nitrogens with zero attached hydrogens (tertiary/aromatic N) is 3. The first-order valence-electron chi connectivity index (χ1n) is 6.61. The van der Waals surface area contributed by atoms with E-state index in [9.17, 15) is 0 Å². The van der Waals surface area contributed by atoms with Gasteiger partial charge in [0.05, 0.1) is 11.6 Å². The monoisotopic (exact) mass is 394 g/mol. The van der Waals surface area contributed by atoms with Crippen molar-refractivity contribution in [2.45, 2.75) is 32.6 Å². The molecule has 2 heterocycles. The number of guanidine groups is 1. The number of thiazole rings is 1. The van der Waals surface area contributed by atoms with E-state index in [1.165, 1.54) is 12.8 Å². The number of piperidine rings is 1. The van der Waals surface area contributed by atoms with Crippen molar-refractivity contribution in [1.82, 2.24) is 9.88 Å². The Morgan fingerprint density at radius 3 is 2.84 bits per heavy atom. The number of nitrogens with two attached hydrogens (primary N) is 1. The Balaban J connectivity index is 0.00000180. The van der Waals surface area contributed by atoms with Gasteiger partial charge in [0.15, 0.2) is 5.96 Å². The smallest absolute Gasteiger partial charge is 0.191 e. The largest absolute Gasteiger partial charge is 0.370 e. The van der Waals surface area contributed by atoms with E-state index in [0.29, 0.717) is 11.9 Å². The first-order valence-corrected chi connectivity index (χ1v) is 7.49. The molecule has 2 rings (SSSR count). The maximum atomic E-state index is 6.05. The molecule has 19 heavy (non-hydrogen) atoms. The van der Waals surface area contributed by atoms with Gasteiger partial charge in [0, 0.05) is 30.6 Å². The van der Waals surface area contributed by atoms with E-state index in [0.717, 1.165) is 30.6 Å². The number of hydrogen-bond donors (Lipinski definition) is 1. The van der Waals surface area contributed by atoms with E-state index in [4.69, 9.17) is 5.73 Å². The molecule has 0 aromatic carbocycles. The molecule has 1 aliphatic rings. The molecule has 108 valence electrons. The molecule has 0 saturated carbocycles. The Labute approximate surface area is 136 Å². The van der Waals surface area contributed by atoms with Crippen LogP contribution in [0, 0.1) is 5.92 Å². The summed E-state index contributed by atoms with van der Waals surface area (Å²) in [5, 5.41) is 3.14. The second-order valence-electron chi connectivity index (χ2n) is 5.14. The van der Waals surface area contributed by atoms with E-state index < -0.39 is 0 Å². The summed E-state index contributed by atoms with van der Waals surface area (Å²) in [5.41, 5.74) is 6.05. The van der Waals surface area contributed by atoms with E-state index in [-0.39, 0.29) is 24.0 Å². The first kappa shape index (κ1) is 16.7. The second-order valence-corrected chi connectivity index (χ2v) is 6.07. The van der Waals surface area contributed by atoms with Gasteiger partial charge in [0.1, 0.15) is 0 Å². The second kappa shape index (κ2) is 8.04. The Morgan fingerprint density at radius 2 is 2.26 bits per heavy atom. The summed E-state index contributed by atoms with van der Waals surface area (Å²) < 4.78 is 0. The fourth-order valence-corrected chi connectivity index (χ4v) is 2.81. The van der Waals surface area contributed by atoms with Crippen molar-refractivity contribution >= 4 is 41.3 Å². The first-order chi connectivity index (χ1) is 8.66. The van der Waals surface area contributed by atoms with Gasteiger partial charge in [-0.2, -0.15) is 0 Å². The number of aliphatic imine (C=N–C) groups is 1. The summed E-state index contributed by atoms with van der Waals surface area (Å²) >= 11 is 1.68. The van der Waals surface area contributed by atoms with E-state index in [2.05, 4.69) is 28.7 Å². The lowest BCUT2D eigenvalue weighted by atomic mass is 10.00. The van der Waals surface area contributed by atoms with E-state index in [1.807, 2.05) is 11.6 Å². The van der Waals surface area contributed by atoms with Crippen molar-refractivity contribution in [3.8, 4) is 0 Å². The average Bonchev–Trinajstić information content (AvgIpc) is 2.90. The van der Waals surface area contributed by atoms with Crippen LogP contribution in [-0.2, 0) is 0 Å². The molecule has 1 saturated heterocycles. The molecule has 0 aliphatic carbocycles. The normalized spacial score (nSPS) is 19.1. The highest BCUT2D eigenvalue weighted by molar-refractivity contribution is 14.0. The van der Waals surface area contributed by atoms with Crippen LogP contribution in [0.2, 0.25) is 0 Å². The van der Waals surface area contributed by atoms with E-state index in [1.54, 1.807) is 11.3 Å². The molecule has 1 atom stereocenters. The maximum Gasteiger partial charge on any atom is 0.191 e. The molecule has 0 amide bonds. The van der Waals surface area contributed by atoms with Crippen molar-refractivity contribution in [3.05, 3.63) is 16.6 Å². The Hall–Kier alpha value is -0.370. The highest BCUT2D eigenvalue weighted by Gasteiger charge is 2.17. The van der Waals surface area contributed by atoms with Crippen molar-refractivity contribution in [2.24, 2.45) is 16.6 Å². The molecule has 1 aromatic heterocycles. The summed E-state index contributed by atoms with van der Waals surface area (Å²) in [5.74, 6) is 1.88. The zero-order chi connectivity index (χ0) is 13.0. The van der Waals surface area contributed by atoms with Gasteiger partial charge in [0.25, 0.3) is 0 Å². The lowest BCUT2D eigenvalue weighted by Gasteiger charge is -2.31. The summed E-state index contributed by atoms with van der Waals surface area (Å²) in [7, 11) is 0. The highest BCUT2D eigenvalue weighted by Crippen LogP contribution is 2.18. The van der Waals surface area contributed by atoms with Crippen LogP contribution in [0.4, 0.5) is 0 Å². The highest BCUT2D eigenvalue weighted by atomic mass is 127. The van der Waals surface area contributed by atoms with Crippen molar-refractivity contribution in [3.63, 3.8) is 0 Å². The molecule has 1 aromatic rings. The molecule has 0 radical (unpaired) electrons. The van der Waals surface area contributed by atoms with Gasteiger partial charge >= 0.3 is 0 Å². The molecule has 1 fully saturated rings. The van der Waals surface area contributed by atoms with Crippen molar-refractivity contribution < 1.29 is 0 Å². The zero-order valence-corrected chi connectivity index (χ0v) is 14.7. The zero-order valence-electron chi connectivity index (χ0n) is 11.6. The van der Waals surface area contributed by atoms with Gasteiger partial charge in [-0.25, -0.2) is 4.98 Å². The van der Waals surface area contributed by atoms with Crippen LogP contribution in [-0.4, -0.2) is 35.5 Å². The Morgan fingerprint density at radius 1 is 1.58 bits per heavy atom. The van der Waals surface area contributed by atoms with Gasteiger partial charge in [-0.05, 0) is 18.8 Å². The van der Waals surface area contributed by atoms with Crippen LogP contribution in [0.25, 0.3) is 0 Å². The molecule has 4 nitrogen and oxygen atoms in total. The molecule has 1 unspecified atom stereocenters. The van der Waals surface area contributed by atoms with Gasteiger partial charge in [-0.1, -0.05) is 13.8 Å². The number of aromatic nitrogens is 1. The van der Waals surface area contributed by atoms with Crippen LogP contribution in [0.5, 0.6) is 0 Å². The molecule has 6 heteroatoms. The molecular weight excluding hydrogens is 371 g/mol. The average molecular weight is 394 g/mol. The maximum absolute atomic E-state index is 6.05. The summed E-state index contributed by atoms with van der Waals surface area (Å²) in [6, 6.07) is 0.